The molecule has 1 amide bonds. The molecular weight excluding hydrogens is 288 g/mol. The van der Waals surface area contributed by atoms with Gasteiger partial charge in [-0.2, -0.15) is 0 Å². The van der Waals surface area contributed by atoms with E-state index in [9.17, 15) is 4.79 Å². The average Bonchev–Trinajstić information content (AvgIpc) is 2.39. The average molecular weight is 311 g/mol. The molecule has 0 fully saturated rings. The van der Waals surface area contributed by atoms with Gasteiger partial charge in [-0.05, 0) is 51.4 Å². The van der Waals surface area contributed by atoms with Crippen LogP contribution in [0.15, 0.2) is 18.2 Å². The lowest BCUT2D eigenvalue weighted by Gasteiger charge is -2.32. The number of benzene rings is 1. The van der Waals surface area contributed by atoms with E-state index in [1.807, 2.05) is 6.07 Å². The number of hydrogen-bond donors (Lipinski definition) is 1. The van der Waals surface area contributed by atoms with Crippen LogP contribution in [0.25, 0.3) is 0 Å². The molecule has 1 aliphatic heterocycles. The topological polar surface area (TPSA) is 41.6 Å². The van der Waals surface area contributed by atoms with E-state index in [0.717, 1.165) is 18.0 Å². The van der Waals surface area contributed by atoms with Crippen molar-refractivity contribution in [1.82, 2.24) is 5.32 Å². The highest BCUT2D eigenvalue weighted by atomic mass is 35.5. The number of fused-ring (bicyclic) bond motifs is 1. The summed E-state index contributed by atoms with van der Waals surface area (Å²) < 4.78 is 5.45. The number of nitrogens with one attached hydrogen (secondary N) is 1. The van der Waals surface area contributed by atoms with Crippen LogP contribution < -0.4 is 15.0 Å². The minimum absolute atomic E-state index is 0.0209. The van der Waals surface area contributed by atoms with Gasteiger partial charge in [0.05, 0.1) is 5.69 Å². The van der Waals surface area contributed by atoms with Crippen molar-refractivity contribution in [2.45, 2.75) is 33.2 Å². The zero-order valence-electron chi connectivity index (χ0n) is 13.1. The van der Waals surface area contributed by atoms with Crippen molar-refractivity contribution < 1.29 is 9.53 Å². The predicted octanol–water partition coefficient (Wildman–Crippen LogP) is 3.09. The molecule has 0 saturated heterocycles. The molecule has 0 spiro atoms. The first kappa shape index (κ1) is 16.1. The molecule has 0 radical (unpaired) electrons. The van der Waals surface area contributed by atoms with E-state index in [-0.39, 0.29) is 18.1 Å². The van der Waals surface area contributed by atoms with Gasteiger partial charge in [0, 0.05) is 17.1 Å². The first-order chi connectivity index (χ1) is 9.76. The molecule has 1 aromatic carbocycles. The molecule has 0 bridgehead atoms. The smallest absolute Gasteiger partial charge is 0.265 e. The molecule has 1 aliphatic rings. The zero-order valence-corrected chi connectivity index (χ0v) is 13.8. The molecule has 0 aromatic heterocycles. The van der Waals surface area contributed by atoms with Gasteiger partial charge in [-0.25, -0.2) is 0 Å². The molecule has 2 rings (SSSR count). The maximum absolute atomic E-state index is 12.1. The van der Waals surface area contributed by atoms with Crippen molar-refractivity contribution in [3.8, 4) is 5.75 Å². The van der Waals surface area contributed by atoms with Crippen LogP contribution in [-0.4, -0.2) is 31.1 Å². The molecule has 1 atom stereocenters. The van der Waals surface area contributed by atoms with Crippen LogP contribution >= 0.6 is 11.6 Å². The van der Waals surface area contributed by atoms with Crippen molar-refractivity contribution in [3.05, 3.63) is 23.2 Å². The molecular formula is C16H23ClN2O2. The Kier molecular flexibility index (Phi) is 4.79. The molecule has 116 valence electrons. The van der Waals surface area contributed by atoms with Gasteiger partial charge in [-0.15, -0.1) is 0 Å². The second-order valence-electron chi connectivity index (χ2n) is 6.64. The first-order valence-corrected chi connectivity index (χ1v) is 7.62. The molecule has 5 heteroatoms. The van der Waals surface area contributed by atoms with Crippen LogP contribution in [0, 0.1) is 5.92 Å². The van der Waals surface area contributed by atoms with Gasteiger partial charge in [-0.3, -0.25) is 4.79 Å². The monoisotopic (exact) mass is 310 g/mol. The minimum atomic E-state index is -0.0209. The zero-order chi connectivity index (χ0) is 15.6. The fourth-order valence-electron chi connectivity index (χ4n) is 2.23. The van der Waals surface area contributed by atoms with Crippen LogP contribution in [-0.2, 0) is 4.79 Å². The number of halogens is 1. The maximum Gasteiger partial charge on any atom is 0.265 e. The van der Waals surface area contributed by atoms with E-state index in [2.05, 4.69) is 33.0 Å². The number of nitrogens with zero attached hydrogens (tertiary/aromatic N) is 1. The summed E-state index contributed by atoms with van der Waals surface area (Å²) in [6, 6.07) is 5.38. The van der Waals surface area contributed by atoms with Crippen LogP contribution in [0.1, 0.15) is 27.7 Å². The molecule has 0 aliphatic carbocycles. The lowest BCUT2D eigenvalue weighted by molar-refractivity contribution is -0.121. The molecule has 1 unspecified atom stereocenters. The fourth-order valence-corrected chi connectivity index (χ4v) is 2.40. The van der Waals surface area contributed by atoms with Crippen LogP contribution in [0.3, 0.4) is 0 Å². The highest BCUT2D eigenvalue weighted by Gasteiger charge is 2.27. The molecule has 1 heterocycles. The summed E-state index contributed by atoms with van der Waals surface area (Å²) in [5.74, 6) is 1.03. The van der Waals surface area contributed by atoms with Crippen molar-refractivity contribution in [3.63, 3.8) is 0 Å². The Balaban J connectivity index is 2.09. The lowest BCUT2D eigenvalue weighted by atomic mass is 10.1. The summed E-state index contributed by atoms with van der Waals surface area (Å²) in [6.07, 6.45) is 0. The largest absolute Gasteiger partial charge is 0.482 e. The van der Waals surface area contributed by atoms with Crippen molar-refractivity contribution in [1.29, 1.82) is 0 Å². The molecule has 0 saturated carbocycles. The van der Waals surface area contributed by atoms with Crippen LogP contribution in [0.2, 0.25) is 5.02 Å². The van der Waals surface area contributed by atoms with Crippen molar-refractivity contribution >= 4 is 23.2 Å². The van der Waals surface area contributed by atoms with Crippen LogP contribution in [0.4, 0.5) is 5.69 Å². The van der Waals surface area contributed by atoms with Gasteiger partial charge >= 0.3 is 0 Å². The predicted molar refractivity (Wildman–Crippen MR) is 86.2 cm³/mol. The molecule has 4 nitrogen and oxygen atoms in total. The van der Waals surface area contributed by atoms with E-state index in [4.69, 9.17) is 16.3 Å². The standard InChI is InChI=1S/C16H23ClN2O2/c1-11(8-18-16(2,3)4)9-19-13-7-12(17)5-6-14(13)21-10-15(19)20/h5-7,11,18H,8-10H2,1-4H3. The Morgan fingerprint density at radius 3 is 2.81 bits per heavy atom. The van der Waals surface area contributed by atoms with E-state index < -0.39 is 0 Å². The SMILES string of the molecule is CC(CNC(C)(C)C)CN1C(=O)COc2ccc(Cl)cc21. The summed E-state index contributed by atoms with van der Waals surface area (Å²) in [7, 11) is 0. The van der Waals surface area contributed by atoms with E-state index in [0.29, 0.717) is 17.5 Å². The Morgan fingerprint density at radius 1 is 1.43 bits per heavy atom. The Labute approximate surface area is 131 Å². The third kappa shape index (κ3) is 4.35. The molecule has 21 heavy (non-hydrogen) atoms. The Bertz CT molecular complexity index is 525. The van der Waals surface area contributed by atoms with E-state index >= 15 is 0 Å². The summed E-state index contributed by atoms with van der Waals surface area (Å²) >= 11 is 6.04. The van der Waals surface area contributed by atoms with Gasteiger partial charge in [0.1, 0.15) is 5.75 Å². The summed E-state index contributed by atoms with van der Waals surface area (Å²) in [4.78, 5) is 13.9. The van der Waals surface area contributed by atoms with Gasteiger partial charge in [0.25, 0.3) is 5.91 Å². The first-order valence-electron chi connectivity index (χ1n) is 7.24. The van der Waals surface area contributed by atoms with Gasteiger partial charge in [0.15, 0.2) is 6.61 Å². The minimum Gasteiger partial charge on any atom is -0.482 e. The quantitative estimate of drug-likeness (QED) is 0.929. The molecule has 1 N–H and O–H groups in total. The fraction of sp³-hybridized carbons (Fsp3) is 0.562. The second kappa shape index (κ2) is 6.24. The highest BCUT2D eigenvalue weighted by Crippen LogP contribution is 2.34. The van der Waals surface area contributed by atoms with Crippen molar-refractivity contribution in [2.75, 3.05) is 24.6 Å². The highest BCUT2D eigenvalue weighted by molar-refractivity contribution is 6.31. The number of carbonyl (C=O) groups excluding carboxylic acids is 1. The van der Waals surface area contributed by atoms with Crippen molar-refractivity contribution in [2.24, 2.45) is 5.92 Å². The Morgan fingerprint density at radius 2 is 2.14 bits per heavy atom. The summed E-state index contributed by atoms with van der Waals surface area (Å²) in [5, 5.41) is 4.07. The van der Waals surface area contributed by atoms with E-state index in [1.54, 1.807) is 17.0 Å². The third-order valence-corrected chi connectivity index (χ3v) is 3.57. The van der Waals surface area contributed by atoms with E-state index in [1.165, 1.54) is 0 Å². The Hall–Kier alpha value is -1.26. The van der Waals surface area contributed by atoms with Gasteiger partial charge < -0.3 is 15.0 Å². The lowest BCUT2D eigenvalue weighted by Crippen LogP contribution is -2.45. The third-order valence-electron chi connectivity index (χ3n) is 3.34. The summed E-state index contributed by atoms with van der Waals surface area (Å²) in [6.45, 7) is 10.1. The second-order valence-corrected chi connectivity index (χ2v) is 7.08. The van der Waals surface area contributed by atoms with Gasteiger partial charge in [-0.1, -0.05) is 18.5 Å². The number of amides is 1. The van der Waals surface area contributed by atoms with Gasteiger partial charge in [0.2, 0.25) is 0 Å². The number of hydrogen-bond acceptors (Lipinski definition) is 3. The number of rotatable bonds is 4. The number of anilines is 1. The summed E-state index contributed by atoms with van der Waals surface area (Å²) in [5.41, 5.74) is 0.839. The molecule has 1 aromatic rings. The normalized spacial score (nSPS) is 16.4. The van der Waals surface area contributed by atoms with Crippen LogP contribution in [0.5, 0.6) is 5.75 Å². The number of ether oxygens (including phenoxy) is 1. The number of carbonyl (C=O) groups is 1. The maximum atomic E-state index is 12.1.